The van der Waals surface area contributed by atoms with Crippen molar-refractivity contribution < 1.29 is 8.42 Å². The molecule has 1 aromatic carbocycles. The molecule has 2 aromatic rings. The lowest BCUT2D eigenvalue weighted by molar-refractivity contribution is 0.556. The third-order valence-electron chi connectivity index (χ3n) is 3.66. The van der Waals surface area contributed by atoms with Gasteiger partial charge in [-0.25, -0.2) is 8.42 Å². The summed E-state index contributed by atoms with van der Waals surface area (Å²) in [7, 11) is -3.31. The number of rotatable bonds is 3. The van der Waals surface area contributed by atoms with E-state index in [0.717, 1.165) is 11.1 Å². The van der Waals surface area contributed by atoms with Gasteiger partial charge in [0.1, 0.15) is 4.75 Å². The lowest BCUT2D eigenvalue weighted by Gasteiger charge is -2.22. The van der Waals surface area contributed by atoms with Gasteiger partial charge in [0, 0.05) is 11.8 Å². The Hall–Kier alpha value is -1.82. The minimum absolute atomic E-state index is 0.306. The number of nitrogen functional groups attached to an aromatic ring is 1. The SMILES string of the molecule is Cc1ccc(-c2c(N)n[nH]c2C(C)(C)S(C)(=O)=O)cc1. The molecule has 0 saturated carbocycles. The van der Waals surface area contributed by atoms with Crippen molar-refractivity contribution in [2.24, 2.45) is 0 Å². The van der Waals surface area contributed by atoms with E-state index in [-0.39, 0.29) is 0 Å². The number of H-pyrrole nitrogens is 1. The molecule has 0 aliphatic rings. The van der Waals surface area contributed by atoms with E-state index in [9.17, 15) is 8.42 Å². The summed E-state index contributed by atoms with van der Waals surface area (Å²) < 4.78 is 22.9. The summed E-state index contributed by atoms with van der Waals surface area (Å²) in [4.78, 5) is 0. The number of sulfone groups is 1. The lowest BCUT2D eigenvalue weighted by Crippen LogP contribution is -2.29. The fraction of sp³-hybridized carbons (Fsp3) is 0.357. The first-order valence-corrected chi connectivity index (χ1v) is 8.14. The van der Waals surface area contributed by atoms with Crippen LogP contribution in [0.1, 0.15) is 25.1 Å². The molecule has 1 aromatic heterocycles. The summed E-state index contributed by atoms with van der Waals surface area (Å²) in [5.74, 6) is 0.306. The highest BCUT2D eigenvalue weighted by molar-refractivity contribution is 7.91. The van der Waals surface area contributed by atoms with Crippen molar-refractivity contribution in [2.75, 3.05) is 12.0 Å². The van der Waals surface area contributed by atoms with Crippen molar-refractivity contribution in [1.82, 2.24) is 10.2 Å². The molecule has 0 aliphatic heterocycles. The number of hydrogen-bond donors (Lipinski definition) is 2. The molecule has 0 bridgehead atoms. The summed E-state index contributed by atoms with van der Waals surface area (Å²) >= 11 is 0. The number of nitrogens with zero attached hydrogens (tertiary/aromatic N) is 1. The molecule has 5 nitrogen and oxygen atoms in total. The lowest BCUT2D eigenvalue weighted by atomic mass is 9.98. The van der Waals surface area contributed by atoms with Gasteiger partial charge in [-0.05, 0) is 26.3 Å². The zero-order chi connectivity index (χ0) is 15.1. The number of hydrogen-bond acceptors (Lipinski definition) is 4. The average molecular weight is 293 g/mol. The number of nitrogens with one attached hydrogen (secondary N) is 1. The summed E-state index contributed by atoms with van der Waals surface area (Å²) in [5.41, 5.74) is 9.06. The van der Waals surface area contributed by atoms with E-state index in [1.165, 1.54) is 6.26 Å². The topological polar surface area (TPSA) is 88.8 Å². The molecule has 0 saturated heterocycles. The van der Waals surface area contributed by atoms with Crippen LogP contribution in [0.15, 0.2) is 24.3 Å². The highest BCUT2D eigenvalue weighted by Crippen LogP contribution is 2.38. The predicted molar refractivity (Wildman–Crippen MR) is 81.0 cm³/mol. The largest absolute Gasteiger partial charge is 0.382 e. The van der Waals surface area contributed by atoms with Crippen molar-refractivity contribution in [2.45, 2.75) is 25.5 Å². The van der Waals surface area contributed by atoms with Gasteiger partial charge in [0.15, 0.2) is 15.7 Å². The van der Waals surface area contributed by atoms with Crippen LogP contribution in [0.3, 0.4) is 0 Å². The fourth-order valence-electron chi connectivity index (χ4n) is 1.99. The number of anilines is 1. The number of aromatic amines is 1. The summed E-state index contributed by atoms with van der Waals surface area (Å²) in [6.45, 7) is 5.28. The molecule has 108 valence electrons. The summed E-state index contributed by atoms with van der Waals surface area (Å²) in [5, 5.41) is 6.76. The molecule has 6 heteroatoms. The fourth-order valence-corrected chi connectivity index (χ4v) is 2.51. The molecule has 0 spiro atoms. The molecule has 3 N–H and O–H groups in total. The summed E-state index contributed by atoms with van der Waals surface area (Å²) in [6, 6.07) is 7.74. The molecule has 20 heavy (non-hydrogen) atoms. The first-order valence-electron chi connectivity index (χ1n) is 6.25. The van der Waals surface area contributed by atoms with Crippen LogP contribution in [-0.4, -0.2) is 24.9 Å². The van der Waals surface area contributed by atoms with E-state index < -0.39 is 14.6 Å². The standard InChI is InChI=1S/C14H19N3O2S/c1-9-5-7-10(8-6-9)11-12(16-17-13(11)15)14(2,3)20(4,18)19/h5-8H,1-4H3,(H3,15,16,17). The van der Waals surface area contributed by atoms with Gasteiger partial charge in [-0.2, -0.15) is 5.10 Å². The van der Waals surface area contributed by atoms with Gasteiger partial charge in [0.25, 0.3) is 0 Å². The third kappa shape index (κ3) is 2.31. The van der Waals surface area contributed by atoms with Gasteiger partial charge in [-0.15, -0.1) is 0 Å². The van der Waals surface area contributed by atoms with E-state index in [1.54, 1.807) is 13.8 Å². The highest BCUT2D eigenvalue weighted by atomic mass is 32.2. The molecule has 0 radical (unpaired) electrons. The van der Waals surface area contributed by atoms with Crippen LogP contribution < -0.4 is 5.73 Å². The molecule has 0 aliphatic carbocycles. The molecule has 0 amide bonds. The van der Waals surface area contributed by atoms with Crippen molar-refractivity contribution in [3.63, 3.8) is 0 Å². The van der Waals surface area contributed by atoms with Gasteiger partial charge in [-0.3, -0.25) is 5.10 Å². The van der Waals surface area contributed by atoms with Gasteiger partial charge in [-0.1, -0.05) is 29.8 Å². The molecule has 0 atom stereocenters. The van der Waals surface area contributed by atoms with Crippen molar-refractivity contribution >= 4 is 15.7 Å². The Kier molecular flexibility index (Phi) is 3.37. The van der Waals surface area contributed by atoms with Crippen LogP contribution in [0, 0.1) is 6.92 Å². The molecule has 0 unspecified atom stereocenters. The van der Waals surface area contributed by atoms with Crippen molar-refractivity contribution in [1.29, 1.82) is 0 Å². The van der Waals surface area contributed by atoms with Crippen LogP contribution in [-0.2, 0) is 14.6 Å². The van der Waals surface area contributed by atoms with E-state index in [0.29, 0.717) is 17.1 Å². The quantitative estimate of drug-likeness (QED) is 0.908. The normalized spacial score (nSPS) is 12.6. The molecule has 0 fully saturated rings. The Morgan fingerprint density at radius 3 is 2.25 bits per heavy atom. The number of benzene rings is 1. The predicted octanol–water partition coefficient (Wildman–Crippen LogP) is 2.25. The summed E-state index contributed by atoms with van der Waals surface area (Å²) in [6.07, 6.45) is 1.21. The van der Waals surface area contributed by atoms with Crippen LogP contribution in [0.4, 0.5) is 5.82 Å². The number of aryl methyl sites for hydroxylation is 1. The van der Waals surface area contributed by atoms with Crippen LogP contribution in [0.25, 0.3) is 11.1 Å². The Bertz CT molecular complexity index is 728. The van der Waals surface area contributed by atoms with Gasteiger partial charge < -0.3 is 5.73 Å². The van der Waals surface area contributed by atoms with Crippen molar-refractivity contribution in [3.8, 4) is 11.1 Å². The Morgan fingerprint density at radius 2 is 1.75 bits per heavy atom. The Labute approximate surface area is 119 Å². The minimum Gasteiger partial charge on any atom is -0.382 e. The second-order valence-corrected chi connectivity index (χ2v) is 8.07. The van der Waals surface area contributed by atoms with Gasteiger partial charge in [0.05, 0.1) is 5.69 Å². The second kappa shape index (κ2) is 4.63. The maximum absolute atomic E-state index is 12.0. The van der Waals surface area contributed by atoms with E-state index in [4.69, 9.17) is 5.73 Å². The van der Waals surface area contributed by atoms with E-state index in [2.05, 4.69) is 10.2 Å². The van der Waals surface area contributed by atoms with E-state index in [1.807, 2.05) is 31.2 Å². The van der Waals surface area contributed by atoms with Gasteiger partial charge >= 0.3 is 0 Å². The maximum atomic E-state index is 12.0. The minimum atomic E-state index is -3.31. The monoisotopic (exact) mass is 293 g/mol. The Balaban J connectivity index is 2.68. The number of aromatic nitrogens is 2. The maximum Gasteiger partial charge on any atom is 0.158 e. The average Bonchev–Trinajstić information content (AvgIpc) is 2.71. The Morgan fingerprint density at radius 1 is 1.20 bits per heavy atom. The first-order chi connectivity index (χ1) is 9.14. The number of nitrogens with two attached hydrogens (primary N) is 1. The molecule has 2 rings (SSSR count). The zero-order valence-corrected chi connectivity index (χ0v) is 12.9. The smallest absolute Gasteiger partial charge is 0.158 e. The van der Waals surface area contributed by atoms with Crippen LogP contribution in [0.5, 0.6) is 0 Å². The zero-order valence-electron chi connectivity index (χ0n) is 12.1. The highest BCUT2D eigenvalue weighted by Gasteiger charge is 2.37. The van der Waals surface area contributed by atoms with Crippen LogP contribution in [0.2, 0.25) is 0 Å². The van der Waals surface area contributed by atoms with E-state index >= 15 is 0 Å². The van der Waals surface area contributed by atoms with Crippen LogP contribution >= 0.6 is 0 Å². The molecule has 1 heterocycles. The van der Waals surface area contributed by atoms with Crippen molar-refractivity contribution in [3.05, 3.63) is 35.5 Å². The molecular weight excluding hydrogens is 274 g/mol. The third-order valence-corrected chi connectivity index (χ3v) is 5.72. The second-order valence-electron chi connectivity index (χ2n) is 5.51. The first kappa shape index (κ1) is 14.6. The molecular formula is C14H19N3O2S. The van der Waals surface area contributed by atoms with Gasteiger partial charge in [0.2, 0.25) is 0 Å².